The van der Waals surface area contributed by atoms with Crippen LogP contribution >= 0.6 is 0 Å². The monoisotopic (exact) mass is 236 g/mol. The van der Waals surface area contributed by atoms with Crippen LogP contribution < -0.4 is 5.32 Å². The van der Waals surface area contributed by atoms with Crippen molar-refractivity contribution < 1.29 is 0 Å². The molecule has 0 saturated carbocycles. The topological polar surface area (TPSA) is 33.1 Å². The van der Waals surface area contributed by atoms with E-state index in [1.807, 2.05) is 6.20 Å². The number of hydrogen-bond donors (Lipinski definition) is 1. The van der Waals surface area contributed by atoms with E-state index in [-0.39, 0.29) is 0 Å². The summed E-state index contributed by atoms with van der Waals surface area (Å²) in [6, 6.07) is 0.726. The summed E-state index contributed by atoms with van der Waals surface area (Å²) in [7, 11) is 0. The fourth-order valence-corrected chi connectivity index (χ4v) is 2.28. The minimum absolute atomic E-state index is 0.726. The van der Waals surface area contributed by atoms with Gasteiger partial charge < -0.3 is 5.32 Å². The number of nitrogens with one attached hydrogen (secondary N) is 1. The van der Waals surface area contributed by atoms with Gasteiger partial charge in [0.1, 0.15) is 0 Å². The van der Waals surface area contributed by atoms with Crippen LogP contribution in [0.2, 0.25) is 0 Å². The molecule has 1 aromatic rings. The average molecular weight is 236 g/mol. The molecule has 4 heteroatoms. The third kappa shape index (κ3) is 3.30. The van der Waals surface area contributed by atoms with Crippen LogP contribution in [0.5, 0.6) is 0 Å². The van der Waals surface area contributed by atoms with Crippen LogP contribution in [0.15, 0.2) is 12.4 Å². The van der Waals surface area contributed by atoms with E-state index in [1.54, 1.807) is 0 Å². The lowest BCUT2D eigenvalue weighted by atomic mass is 10.1. The fourth-order valence-electron chi connectivity index (χ4n) is 2.28. The minimum atomic E-state index is 0.726. The Bertz CT molecular complexity index is 330. The van der Waals surface area contributed by atoms with Crippen molar-refractivity contribution in [2.45, 2.75) is 45.8 Å². The van der Waals surface area contributed by atoms with Gasteiger partial charge in [0.25, 0.3) is 0 Å². The van der Waals surface area contributed by atoms with Gasteiger partial charge in [0.2, 0.25) is 0 Å². The Morgan fingerprint density at radius 2 is 2.24 bits per heavy atom. The predicted molar refractivity (Wildman–Crippen MR) is 69.9 cm³/mol. The zero-order valence-electron chi connectivity index (χ0n) is 11.0. The molecule has 0 bridgehead atoms. The predicted octanol–water partition coefficient (Wildman–Crippen LogP) is 1.48. The number of aryl methyl sites for hydroxylation is 1. The molecule has 2 heterocycles. The second kappa shape index (κ2) is 6.17. The van der Waals surface area contributed by atoms with E-state index in [0.29, 0.717) is 0 Å². The molecule has 1 aromatic heterocycles. The Morgan fingerprint density at radius 1 is 1.41 bits per heavy atom. The van der Waals surface area contributed by atoms with Gasteiger partial charge in [0.05, 0.1) is 6.20 Å². The molecule has 0 unspecified atom stereocenters. The Hall–Kier alpha value is -0.870. The first-order chi connectivity index (χ1) is 8.33. The minimum Gasteiger partial charge on any atom is -0.314 e. The van der Waals surface area contributed by atoms with Gasteiger partial charge in [-0.1, -0.05) is 13.8 Å². The molecular formula is C13H24N4. The van der Waals surface area contributed by atoms with Crippen molar-refractivity contribution >= 4 is 0 Å². The van der Waals surface area contributed by atoms with Crippen molar-refractivity contribution in [3.63, 3.8) is 0 Å². The molecule has 1 N–H and O–H groups in total. The molecule has 0 aromatic carbocycles. The van der Waals surface area contributed by atoms with Gasteiger partial charge in [-0.2, -0.15) is 5.10 Å². The number of aromatic nitrogens is 2. The van der Waals surface area contributed by atoms with Crippen LogP contribution in [0.25, 0.3) is 0 Å². The first-order valence-electron chi connectivity index (χ1n) is 6.79. The average Bonchev–Trinajstić information content (AvgIpc) is 2.64. The smallest absolute Gasteiger partial charge is 0.0534 e. The number of hydrogen-bond acceptors (Lipinski definition) is 3. The van der Waals surface area contributed by atoms with Gasteiger partial charge >= 0.3 is 0 Å². The summed E-state index contributed by atoms with van der Waals surface area (Å²) < 4.78 is 2.05. The maximum Gasteiger partial charge on any atom is 0.0534 e. The van der Waals surface area contributed by atoms with Gasteiger partial charge in [0.15, 0.2) is 0 Å². The molecule has 0 atom stereocenters. The maximum atomic E-state index is 4.40. The van der Waals surface area contributed by atoms with E-state index in [4.69, 9.17) is 0 Å². The van der Waals surface area contributed by atoms with E-state index in [9.17, 15) is 0 Å². The van der Waals surface area contributed by atoms with Gasteiger partial charge in [-0.05, 0) is 19.4 Å². The Balaban J connectivity index is 1.90. The fraction of sp³-hybridized carbons (Fsp3) is 0.769. The second-order valence-corrected chi connectivity index (χ2v) is 4.89. The van der Waals surface area contributed by atoms with Crippen LogP contribution in [-0.2, 0) is 13.1 Å². The summed E-state index contributed by atoms with van der Waals surface area (Å²) in [6.45, 7) is 9.98. The molecule has 96 valence electrons. The molecule has 1 aliphatic heterocycles. The molecular weight excluding hydrogens is 212 g/mol. The molecule has 1 saturated heterocycles. The molecule has 1 aliphatic rings. The largest absolute Gasteiger partial charge is 0.314 e. The quantitative estimate of drug-likeness (QED) is 0.778. The van der Waals surface area contributed by atoms with Gasteiger partial charge in [-0.15, -0.1) is 0 Å². The van der Waals surface area contributed by atoms with Crippen molar-refractivity contribution in [3.8, 4) is 0 Å². The molecule has 1 fully saturated rings. The van der Waals surface area contributed by atoms with E-state index in [1.165, 1.54) is 18.5 Å². The lowest BCUT2D eigenvalue weighted by molar-refractivity contribution is 0.138. The molecule has 0 radical (unpaired) electrons. The normalized spacial score (nSPS) is 16.4. The van der Waals surface area contributed by atoms with E-state index in [2.05, 4.69) is 40.0 Å². The third-order valence-electron chi connectivity index (χ3n) is 3.31. The number of nitrogens with zero attached hydrogens (tertiary/aromatic N) is 3. The van der Waals surface area contributed by atoms with Crippen molar-refractivity contribution in [1.82, 2.24) is 20.0 Å². The van der Waals surface area contributed by atoms with Crippen molar-refractivity contribution in [1.29, 1.82) is 0 Å². The van der Waals surface area contributed by atoms with Crippen molar-refractivity contribution in [2.24, 2.45) is 0 Å². The zero-order valence-corrected chi connectivity index (χ0v) is 11.0. The van der Waals surface area contributed by atoms with E-state index in [0.717, 1.165) is 38.6 Å². The van der Waals surface area contributed by atoms with Crippen molar-refractivity contribution in [2.75, 3.05) is 19.6 Å². The highest BCUT2D eigenvalue weighted by atomic mass is 15.3. The maximum absolute atomic E-state index is 4.40. The summed E-state index contributed by atoms with van der Waals surface area (Å²) >= 11 is 0. The Morgan fingerprint density at radius 3 is 2.82 bits per heavy atom. The van der Waals surface area contributed by atoms with Crippen LogP contribution in [0, 0.1) is 0 Å². The van der Waals surface area contributed by atoms with Crippen LogP contribution in [0.1, 0.15) is 32.3 Å². The molecule has 17 heavy (non-hydrogen) atoms. The summed E-state index contributed by atoms with van der Waals surface area (Å²) in [6.07, 6.45) is 6.58. The first kappa shape index (κ1) is 12.6. The second-order valence-electron chi connectivity index (χ2n) is 4.89. The lowest BCUT2D eigenvalue weighted by Crippen LogP contribution is -2.56. The van der Waals surface area contributed by atoms with Crippen LogP contribution in [-0.4, -0.2) is 40.4 Å². The summed E-state index contributed by atoms with van der Waals surface area (Å²) in [5, 5.41) is 7.75. The van der Waals surface area contributed by atoms with Gasteiger partial charge in [-0.3, -0.25) is 9.58 Å². The lowest BCUT2D eigenvalue weighted by Gasteiger charge is -2.38. The first-order valence-corrected chi connectivity index (χ1v) is 6.79. The highest BCUT2D eigenvalue weighted by molar-refractivity contribution is 5.04. The summed E-state index contributed by atoms with van der Waals surface area (Å²) in [5.74, 6) is 0. The number of rotatable bonds is 7. The van der Waals surface area contributed by atoms with Crippen LogP contribution in [0.4, 0.5) is 0 Å². The van der Waals surface area contributed by atoms with Crippen molar-refractivity contribution in [3.05, 3.63) is 18.0 Å². The Kier molecular flexibility index (Phi) is 4.57. The van der Waals surface area contributed by atoms with Gasteiger partial charge in [0, 0.05) is 44.0 Å². The zero-order chi connectivity index (χ0) is 12.1. The summed E-state index contributed by atoms with van der Waals surface area (Å²) in [5.41, 5.74) is 1.35. The van der Waals surface area contributed by atoms with E-state index < -0.39 is 0 Å². The standard InChI is InChI=1S/C13H24N4/c1-3-5-16(13-8-14-9-13)10-12-7-15-17(11-12)6-4-2/h7,11,13-14H,3-6,8-10H2,1-2H3. The molecule has 0 spiro atoms. The molecule has 2 rings (SSSR count). The third-order valence-corrected chi connectivity index (χ3v) is 3.31. The SMILES string of the molecule is CCCN(Cc1cnn(CCC)c1)C1CNC1. The highest BCUT2D eigenvalue weighted by Gasteiger charge is 2.23. The Labute approximate surface area is 104 Å². The summed E-state index contributed by atoms with van der Waals surface area (Å²) in [4.78, 5) is 2.57. The molecule has 0 aliphatic carbocycles. The molecule has 0 amide bonds. The van der Waals surface area contributed by atoms with Gasteiger partial charge in [-0.25, -0.2) is 0 Å². The molecule has 4 nitrogen and oxygen atoms in total. The highest BCUT2D eigenvalue weighted by Crippen LogP contribution is 2.11. The van der Waals surface area contributed by atoms with Crippen LogP contribution in [0.3, 0.4) is 0 Å². The van der Waals surface area contributed by atoms with E-state index >= 15 is 0 Å².